The Hall–Kier alpha value is -3.48. The number of H-pyrrole nitrogens is 1. The monoisotopic (exact) mass is 406 g/mol. The quantitative estimate of drug-likeness (QED) is 0.703. The van der Waals surface area contributed by atoms with Crippen LogP contribution in [0, 0.1) is 13.8 Å². The van der Waals surface area contributed by atoms with Gasteiger partial charge in [0.25, 0.3) is 5.56 Å². The van der Waals surface area contributed by atoms with Crippen LogP contribution in [-0.4, -0.2) is 20.4 Å². The normalized spacial score (nSPS) is 11.0. The fraction of sp³-hybridized carbons (Fsp3) is 0.304. The van der Waals surface area contributed by atoms with Gasteiger partial charge >= 0.3 is 5.69 Å². The lowest BCUT2D eigenvalue weighted by molar-refractivity contribution is -0.115. The Balaban J connectivity index is 2.37. The van der Waals surface area contributed by atoms with Crippen molar-refractivity contribution < 1.29 is 4.79 Å². The summed E-state index contributed by atoms with van der Waals surface area (Å²) in [7, 11) is 0. The van der Waals surface area contributed by atoms with E-state index in [1.54, 1.807) is 24.5 Å². The van der Waals surface area contributed by atoms with Gasteiger partial charge in [-0.15, -0.1) is 0 Å². The number of aromatic nitrogens is 3. The molecule has 2 aromatic heterocycles. The summed E-state index contributed by atoms with van der Waals surface area (Å²) in [6.45, 7) is 9.26. The summed E-state index contributed by atoms with van der Waals surface area (Å²) >= 11 is 0. The molecule has 7 heteroatoms. The van der Waals surface area contributed by atoms with Crippen LogP contribution in [0.2, 0.25) is 0 Å². The maximum Gasteiger partial charge on any atom is 0.330 e. The maximum absolute atomic E-state index is 12.9. The first-order valence-electron chi connectivity index (χ1n) is 9.84. The highest BCUT2D eigenvalue weighted by Gasteiger charge is 2.27. The number of hydrogen-bond donors (Lipinski definition) is 1. The minimum atomic E-state index is -0.563. The van der Waals surface area contributed by atoms with E-state index >= 15 is 0 Å². The third-order valence-electron chi connectivity index (χ3n) is 4.87. The number of aromatic amines is 1. The van der Waals surface area contributed by atoms with Crippen LogP contribution in [-0.2, 0) is 11.3 Å². The highest BCUT2D eigenvalue weighted by atomic mass is 16.2. The van der Waals surface area contributed by atoms with E-state index in [4.69, 9.17) is 0 Å². The van der Waals surface area contributed by atoms with Gasteiger partial charge in [-0.25, -0.2) is 4.79 Å². The average molecular weight is 406 g/mol. The molecule has 0 aliphatic rings. The minimum absolute atomic E-state index is 0.196. The highest BCUT2D eigenvalue weighted by molar-refractivity contribution is 5.99. The van der Waals surface area contributed by atoms with Crippen molar-refractivity contribution in [3.63, 3.8) is 0 Å². The third kappa shape index (κ3) is 4.25. The molecule has 7 nitrogen and oxygen atoms in total. The second-order valence-electron chi connectivity index (χ2n) is 7.79. The van der Waals surface area contributed by atoms with Crippen molar-refractivity contribution in [2.45, 2.75) is 47.1 Å². The lowest BCUT2D eigenvalue weighted by Gasteiger charge is -2.28. The number of pyridine rings is 1. The van der Waals surface area contributed by atoms with Gasteiger partial charge in [-0.1, -0.05) is 19.9 Å². The highest BCUT2D eigenvalue weighted by Crippen LogP contribution is 2.32. The minimum Gasteiger partial charge on any atom is -0.274 e. The summed E-state index contributed by atoms with van der Waals surface area (Å²) < 4.78 is 1.45. The average Bonchev–Trinajstić information content (AvgIpc) is 2.64. The molecular formula is C23H26N4O3. The number of nitrogens with one attached hydrogen (secondary N) is 1. The zero-order valence-corrected chi connectivity index (χ0v) is 17.9. The van der Waals surface area contributed by atoms with Gasteiger partial charge in [-0.05, 0) is 60.7 Å². The van der Waals surface area contributed by atoms with E-state index in [9.17, 15) is 14.4 Å². The fourth-order valence-electron chi connectivity index (χ4n) is 3.69. The van der Waals surface area contributed by atoms with Crippen molar-refractivity contribution in [2.24, 2.45) is 0 Å². The third-order valence-corrected chi connectivity index (χ3v) is 4.87. The number of hydrogen-bond acceptors (Lipinski definition) is 4. The Morgan fingerprint density at radius 1 is 1.10 bits per heavy atom. The van der Waals surface area contributed by atoms with Crippen molar-refractivity contribution in [2.75, 3.05) is 4.90 Å². The number of anilines is 2. The molecule has 0 bridgehead atoms. The van der Waals surface area contributed by atoms with Gasteiger partial charge in [0.15, 0.2) is 0 Å². The molecule has 0 unspecified atom stereocenters. The summed E-state index contributed by atoms with van der Waals surface area (Å²) in [4.78, 5) is 46.4. The molecule has 0 saturated heterocycles. The van der Waals surface area contributed by atoms with Crippen LogP contribution in [0.3, 0.4) is 0 Å². The number of rotatable bonds is 5. The molecular weight excluding hydrogens is 380 g/mol. The van der Waals surface area contributed by atoms with E-state index < -0.39 is 11.2 Å². The Labute approximate surface area is 175 Å². The molecule has 30 heavy (non-hydrogen) atoms. The van der Waals surface area contributed by atoms with Gasteiger partial charge < -0.3 is 0 Å². The largest absolute Gasteiger partial charge is 0.330 e. The van der Waals surface area contributed by atoms with Crippen LogP contribution in [0.15, 0.2) is 52.3 Å². The van der Waals surface area contributed by atoms with Crippen LogP contribution in [0.4, 0.5) is 11.5 Å². The predicted molar refractivity (Wildman–Crippen MR) is 117 cm³/mol. The number of nitrogens with zero attached hydrogens (tertiary/aromatic N) is 3. The fourth-order valence-corrected chi connectivity index (χ4v) is 3.69. The maximum atomic E-state index is 12.9. The van der Waals surface area contributed by atoms with Crippen molar-refractivity contribution in [1.82, 2.24) is 14.5 Å². The number of benzene rings is 1. The summed E-state index contributed by atoms with van der Waals surface area (Å²) in [5.41, 5.74) is 2.76. The van der Waals surface area contributed by atoms with Gasteiger partial charge in [0.1, 0.15) is 5.82 Å². The molecule has 0 saturated carbocycles. The van der Waals surface area contributed by atoms with E-state index in [2.05, 4.69) is 9.97 Å². The Kier molecular flexibility index (Phi) is 6.01. The topological polar surface area (TPSA) is 88.1 Å². The van der Waals surface area contributed by atoms with E-state index in [0.29, 0.717) is 17.1 Å². The second kappa shape index (κ2) is 8.49. The van der Waals surface area contributed by atoms with Crippen molar-refractivity contribution in [3.05, 3.63) is 85.8 Å². The van der Waals surface area contributed by atoms with Crippen LogP contribution < -0.4 is 16.1 Å². The lowest BCUT2D eigenvalue weighted by atomic mass is 10.0. The molecule has 3 aromatic rings. The molecule has 1 amide bonds. The summed E-state index contributed by atoms with van der Waals surface area (Å²) in [6.07, 6.45) is 3.28. The lowest BCUT2D eigenvalue weighted by Crippen LogP contribution is -2.39. The summed E-state index contributed by atoms with van der Waals surface area (Å²) in [5, 5.41) is 0. The summed E-state index contributed by atoms with van der Waals surface area (Å²) in [6, 6.07) is 9.35. The molecule has 1 N–H and O–H groups in total. The van der Waals surface area contributed by atoms with E-state index in [1.807, 2.05) is 45.9 Å². The molecule has 2 heterocycles. The van der Waals surface area contributed by atoms with Gasteiger partial charge in [-0.3, -0.25) is 29.0 Å². The van der Waals surface area contributed by atoms with Crippen molar-refractivity contribution in [3.8, 4) is 0 Å². The predicted octanol–water partition coefficient (Wildman–Crippen LogP) is 3.40. The Morgan fingerprint density at radius 3 is 2.23 bits per heavy atom. The first-order valence-corrected chi connectivity index (χ1v) is 9.84. The Bertz CT molecular complexity index is 1170. The number of carbonyl (C=O) groups excluding carboxylic acids is 1. The van der Waals surface area contributed by atoms with Gasteiger partial charge in [0, 0.05) is 19.3 Å². The molecule has 1 aromatic carbocycles. The molecule has 0 fully saturated rings. The summed E-state index contributed by atoms with van der Waals surface area (Å²) in [5.74, 6) is -0.191. The van der Waals surface area contributed by atoms with Gasteiger partial charge in [-0.2, -0.15) is 0 Å². The molecule has 0 aliphatic carbocycles. The van der Waals surface area contributed by atoms with Gasteiger partial charge in [0.2, 0.25) is 5.91 Å². The molecule has 156 valence electrons. The van der Waals surface area contributed by atoms with Crippen LogP contribution in [0.5, 0.6) is 0 Å². The number of aryl methyl sites for hydroxylation is 2. The molecule has 0 spiro atoms. The van der Waals surface area contributed by atoms with Gasteiger partial charge in [0.05, 0.1) is 17.8 Å². The Morgan fingerprint density at radius 2 is 1.70 bits per heavy atom. The first kappa shape index (κ1) is 21.2. The first-order chi connectivity index (χ1) is 14.2. The van der Waals surface area contributed by atoms with E-state index in [-0.39, 0.29) is 18.4 Å². The molecule has 0 radical (unpaired) electrons. The molecule has 0 aliphatic heterocycles. The standard InChI is InChI=1S/C23H26N4O3/c1-14(2)20-21(29)25-23(30)26(13-18-6-8-24-9-7-18)22(20)27(17(5)28)19-11-15(3)10-16(4)12-19/h6-12,14H,13H2,1-5H3,(H,25,29,30). The smallest absolute Gasteiger partial charge is 0.274 e. The van der Waals surface area contributed by atoms with Crippen molar-refractivity contribution in [1.29, 1.82) is 0 Å². The van der Waals surface area contributed by atoms with Crippen LogP contribution in [0.1, 0.15) is 48.9 Å². The zero-order chi connectivity index (χ0) is 22.0. The van der Waals surface area contributed by atoms with Crippen LogP contribution in [0.25, 0.3) is 0 Å². The van der Waals surface area contributed by atoms with Crippen LogP contribution >= 0.6 is 0 Å². The molecule has 3 rings (SSSR count). The van der Waals surface area contributed by atoms with Crippen molar-refractivity contribution >= 4 is 17.4 Å². The zero-order valence-electron chi connectivity index (χ0n) is 17.9. The number of carbonyl (C=O) groups is 1. The SMILES string of the molecule is CC(=O)N(c1cc(C)cc(C)c1)c1c(C(C)C)c(=O)[nH]c(=O)n1Cc1ccncc1. The van der Waals surface area contributed by atoms with E-state index in [0.717, 1.165) is 16.7 Å². The van der Waals surface area contributed by atoms with E-state index in [1.165, 1.54) is 16.4 Å². The number of amides is 1. The second-order valence-corrected chi connectivity index (χ2v) is 7.79. The molecule has 0 atom stereocenters.